The maximum Gasteiger partial charge on any atom is 0.261 e. The number of ether oxygens (including phenoxy) is 1. The van der Waals surface area contributed by atoms with Crippen molar-refractivity contribution >= 4 is 33.3 Å². The molecular formula is C21H29N5O2S. The molecule has 1 saturated heterocycles. The number of amides is 1. The fourth-order valence-corrected chi connectivity index (χ4v) is 5.66. The van der Waals surface area contributed by atoms with Crippen LogP contribution < -0.4 is 10.6 Å². The highest BCUT2D eigenvalue weighted by atomic mass is 32.1. The Kier molecular flexibility index (Phi) is 6.12. The Bertz CT molecular complexity index is 885. The van der Waals surface area contributed by atoms with Gasteiger partial charge in [-0.05, 0) is 25.3 Å². The van der Waals surface area contributed by atoms with E-state index in [2.05, 4.69) is 32.1 Å². The number of carbonyl (C=O) groups excluding carboxylic acids is 1. The fraction of sp³-hybridized carbons (Fsp3) is 0.571. The molecule has 1 aliphatic heterocycles. The van der Waals surface area contributed by atoms with Crippen molar-refractivity contribution < 1.29 is 9.53 Å². The van der Waals surface area contributed by atoms with Crippen LogP contribution in [0.5, 0.6) is 0 Å². The number of aromatic nitrogens is 2. The number of fused-ring (bicyclic) bond motifs is 1. The summed E-state index contributed by atoms with van der Waals surface area (Å²) >= 11 is 1.43. The van der Waals surface area contributed by atoms with Gasteiger partial charge in [-0.3, -0.25) is 9.69 Å². The Morgan fingerprint density at radius 2 is 2.10 bits per heavy atom. The van der Waals surface area contributed by atoms with Crippen LogP contribution in [0.2, 0.25) is 0 Å². The average Bonchev–Trinajstić information content (AvgIpc) is 3.37. The lowest BCUT2D eigenvalue weighted by atomic mass is 9.94. The molecule has 1 saturated carbocycles. The van der Waals surface area contributed by atoms with Crippen LogP contribution in [0.25, 0.3) is 10.2 Å². The fourth-order valence-electron chi connectivity index (χ4n) is 4.59. The summed E-state index contributed by atoms with van der Waals surface area (Å²) in [6, 6.07) is 0. The summed E-state index contributed by atoms with van der Waals surface area (Å²) < 4.78 is 5.54. The van der Waals surface area contributed by atoms with E-state index in [1.54, 1.807) is 6.08 Å². The normalized spacial score (nSPS) is 19.3. The zero-order valence-electron chi connectivity index (χ0n) is 17.0. The van der Waals surface area contributed by atoms with Crippen molar-refractivity contribution in [3.63, 3.8) is 0 Å². The monoisotopic (exact) mass is 415 g/mol. The van der Waals surface area contributed by atoms with Gasteiger partial charge in [0.25, 0.3) is 5.91 Å². The molecular weight excluding hydrogens is 386 g/mol. The van der Waals surface area contributed by atoms with E-state index in [0.717, 1.165) is 65.6 Å². The van der Waals surface area contributed by atoms with Gasteiger partial charge in [0, 0.05) is 31.7 Å². The Hall–Kier alpha value is -2.03. The smallest absolute Gasteiger partial charge is 0.261 e. The van der Waals surface area contributed by atoms with Crippen LogP contribution in [-0.2, 0) is 4.74 Å². The lowest BCUT2D eigenvalue weighted by molar-refractivity contribution is -0.0199. The molecule has 0 unspecified atom stereocenters. The molecule has 2 aliphatic rings. The number of hydrogen-bond donors (Lipinski definition) is 2. The number of anilines is 1. The van der Waals surface area contributed by atoms with Gasteiger partial charge in [0.05, 0.1) is 23.5 Å². The highest BCUT2D eigenvalue weighted by Crippen LogP contribution is 2.36. The van der Waals surface area contributed by atoms with Crippen molar-refractivity contribution in [2.24, 2.45) is 0 Å². The van der Waals surface area contributed by atoms with E-state index in [-0.39, 0.29) is 11.4 Å². The van der Waals surface area contributed by atoms with E-state index >= 15 is 0 Å². The lowest BCUT2D eigenvalue weighted by Crippen LogP contribution is -2.57. The molecule has 0 atom stereocenters. The Labute approximate surface area is 175 Å². The molecule has 0 radical (unpaired) electrons. The van der Waals surface area contributed by atoms with Crippen molar-refractivity contribution in [2.45, 2.75) is 38.1 Å². The first-order valence-corrected chi connectivity index (χ1v) is 11.2. The van der Waals surface area contributed by atoms with Gasteiger partial charge in [0.15, 0.2) is 0 Å². The summed E-state index contributed by atoms with van der Waals surface area (Å²) in [4.78, 5) is 25.9. The van der Waals surface area contributed by atoms with Crippen LogP contribution in [0, 0.1) is 6.92 Å². The number of carbonyl (C=O) groups is 1. The Morgan fingerprint density at radius 1 is 1.34 bits per heavy atom. The summed E-state index contributed by atoms with van der Waals surface area (Å²) in [5, 5.41) is 7.42. The molecule has 0 aromatic carbocycles. The average molecular weight is 416 g/mol. The van der Waals surface area contributed by atoms with Gasteiger partial charge in [0.2, 0.25) is 0 Å². The van der Waals surface area contributed by atoms with Gasteiger partial charge >= 0.3 is 0 Å². The number of morpholine rings is 1. The minimum atomic E-state index is -0.0142. The zero-order valence-corrected chi connectivity index (χ0v) is 17.8. The molecule has 8 heteroatoms. The number of hydrogen-bond acceptors (Lipinski definition) is 7. The minimum absolute atomic E-state index is 0.0142. The second-order valence-corrected chi connectivity index (χ2v) is 8.84. The Morgan fingerprint density at radius 3 is 2.83 bits per heavy atom. The Balaban J connectivity index is 1.53. The number of nitrogens with zero attached hydrogens (tertiary/aromatic N) is 3. The summed E-state index contributed by atoms with van der Waals surface area (Å²) in [6.45, 7) is 10.5. The topological polar surface area (TPSA) is 79.4 Å². The molecule has 1 aliphatic carbocycles. The van der Waals surface area contributed by atoms with Crippen LogP contribution in [0.3, 0.4) is 0 Å². The number of aryl methyl sites for hydroxylation is 1. The second kappa shape index (κ2) is 8.77. The third-order valence-electron chi connectivity index (χ3n) is 6.14. The summed E-state index contributed by atoms with van der Waals surface area (Å²) in [5.41, 5.74) is 1.00. The van der Waals surface area contributed by atoms with Crippen LogP contribution in [0.4, 0.5) is 5.82 Å². The molecule has 2 N–H and O–H groups in total. The van der Waals surface area contributed by atoms with Crippen LogP contribution >= 0.6 is 11.3 Å². The molecule has 3 heterocycles. The largest absolute Gasteiger partial charge is 0.379 e. The number of rotatable bonds is 7. The SMILES string of the molecule is C=CCNc1ncnc2sc(C(=O)NCC3(N4CCOCC4)CCCC3)c(C)c12. The van der Waals surface area contributed by atoms with Crippen LogP contribution in [-0.4, -0.2) is 65.7 Å². The van der Waals surface area contributed by atoms with Gasteiger partial charge in [-0.25, -0.2) is 9.97 Å². The predicted octanol–water partition coefficient (Wildman–Crippen LogP) is 2.97. The summed E-state index contributed by atoms with van der Waals surface area (Å²) in [5.74, 6) is 0.739. The molecule has 2 aromatic rings. The third kappa shape index (κ3) is 4.01. The quantitative estimate of drug-likeness (QED) is 0.677. The van der Waals surface area contributed by atoms with E-state index < -0.39 is 0 Å². The molecule has 2 fully saturated rings. The van der Waals surface area contributed by atoms with E-state index in [0.29, 0.717) is 13.1 Å². The van der Waals surface area contributed by atoms with E-state index in [1.165, 1.54) is 30.5 Å². The molecule has 7 nitrogen and oxygen atoms in total. The van der Waals surface area contributed by atoms with E-state index in [9.17, 15) is 4.79 Å². The van der Waals surface area contributed by atoms with E-state index in [1.807, 2.05) is 6.92 Å². The molecule has 0 bridgehead atoms. The van der Waals surface area contributed by atoms with Crippen molar-refractivity contribution in [3.05, 3.63) is 29.4 Å². The number of thiophene rings is 1. The van der Waals surface area contributed by atoms with E-state index in [4.69, 9.17) is 4.74 Å². The zero-order chi connectivity index (χ0) is 20.3. The van der Waals surface area contributed by atoms with Crippen molar-refractivity contribution in [2.75, 3.05) is 44.7 Å². The molecule has 156 valence electrons. The van der Waals surface area contributed by atoms with Crippen molar-refractivity contribution in [3.8, 4) is 0 Å². The standard InChI is InChI=1S/C21H29N5O2S/c1-3-8-22-18-16-15(2)17(29-20(16)25-14-24-18)19(27)23-13-21(6-4-5-7-21)26-9-11-28-12-10-26/h3,14H,1,4-13H2,2H3,(H,23,27)(H,22,24,25). The van der Waals surface area contributed by atoms with Crippen LogP contribution in [0.15, 0.2) is 19.0 Å². The van der Waals surface area contributed by atoms with Gasteiger partial charge in [0.1, 0.15) is 17.0 Å². The minimum Gasteiger partial charge on any atom is -0.379 e. The van der Waals surface area contributed by atoms with Crippen molar-refractivity contribution in [1.82, 2.24) is 20.2 Å². The summed E-state index contributed by atoms with van der Waals surface area (Å²) in [6.07, 6.45) is 8.05. The van der Waals surface area contributed by atoms with Gasteiger partial charge in [-0.1, -0.05) is 18.9 Å². The predicted molar refractivity (Wildman–Crippen MR) is 117 cm³/mol. The third-order valence-corrected chi connectivity index (χ3v) is 7.34. The highest BCUT2D eigenvalue weighted by molar-refractivity contribution is 7.20. The first-order valence-electron chi connectivity index (χ1n) is 10.3. The number of nitrogens with one attached hydrogen (secondary N) is 2. The maximum atomic E-state index is 13.1. The van der Waals surface area contributed by atoms with Crippen LogP contribution in [0.1, 0.15) is 40.9 Å². The maximum absolute atomic E-state index is 13.1. The first-order chi connectivity index (χ1) is 14.1. The molecule has 0 spiro atoms. The lowest BCUT2D eigenvalue weighted by Gasteiger charge is -2.43. The molecule has 29 heavy (non-hydrogen) atoms. The van der Waals surface area contributed by atoms with Gasteiger partial charge in [-0.15, -0.1) is 17.9 Å². The van der Waals surface area contributed by atoms with Crippen molar-refractivity contribution in [1.29, 1.82) is 0 Å². The van der Waals surface area contributed by atoms with Gasteiger partial charge < -0.3 is 15.4 Å². The first kappa shape index (κ1) is 20.3. The molecule has 2 aromatic heterocycles. The molecule has 1 amide bonds. The summed E-state index contributed by atoms with van der Waals surface area (Å²) in [7, 11) is 0. The second-order valence-electron chi connectivity index (χ2n) is 7.84. The highest BCUT2D eigenvalue weighted by Gasteiger charge is 2.40. The van der Waals surface area contributed by atoms with Gasteiger partial charge in [-0.2, -0.15) is 0 Å². The molecule has 4 rings (SSSR count).